The van der Waals surface area contributed by atoms with E-state index in [4.69, 9.17) is 20.2 Å². The van der Waals surface area contributed by atoms with Gasteiger partial charge in [-0.3, -0.25) is 10.7 Å². The smallest absolute Gasteiger partial charge is 0.410 e. The maximum atomic E-state index is 11.7. The molecule has 11 nitrogen and oxygen atoms in total. The maximum absolute atomic E-state index is 11.7. The Balaban J connectivity index is 1.62. The molecule has 2 aliphatic carbocycles. The van der Waals surface area contributed by atoms with Crippen molar-refractivity contribution in [1.82, 2.24) is 24.8 Å². The van der Waals surface area contributed by atoms with Crippen molar-refractivity contribution in [2.24, 2.45) is 17.8 Å². The summed E-state index contributed by atoms with van der Waals surface area (Å²) in [5.74, 6) is 2.37. The van der Waals surface area contributed by atoms with Crippen molar-refractivity contribution in [2.75, 3.05) is 18.5 Å². The van der Waals surface area contributed by atoms with Gasteiger partial charge >= 0.3 is 6.09 Å². The van der Waals surface area contributed by atoms with Crippen LogP contribution in [0.5, 0.6) is 0 Å². The summed E-state index contributed by atoms with van der Waals surface area (Å²) in [7, 11) is 0. The number of hydrogen-bond acceptors (Lipinski definition) is 8. The van der Waals surface area contributed by atoms with Crippen molar-refractivity contribution in [3.05, 3.63) is 11.6 Å². The normalized spacial score (nSPS) is 24.8. The van der Waals surface area contributed by atoms with Gasteiger partial charge in [-0.25, -0.2) is 19.7 Å². The summed E-state index contributed by atoms with van der Waals surface area (Å²) in [5.41, 5.74) is -0.0685. The van der Waals surface area contributed by atoms with Gasteiger partial charge in [0.15, 0.2) is 23.1 Å². The number of nitrogens with zero attached hydrogens (tertiary/aromatic N) is 4. The predicted octanol–water partition coefficient (Wildman–Crippen LogP) is 3.84. The summed E-state index contributed by atoms with van der Waals surface area (Å²) in [6.45, 7) is 6.05. The number of aromatic nitrogens is 4. The summed E-state index contributed by atoms with van der Waals surface area (Å²) in [6.07, 6.45) is 7.66. The number of amidine groups is 1. The SMILES string of the molecule is CC1CCC(Cn2c(C3(O)CCOCC3)nc3nc(C(=N)NC(=O)O)nc(N[C@H](C)C4CCC4)c32)CC1. The molecule has 37 heavy (non-hydrogen) atoms. The predicted molar refractivity (Wildman–Crippen MR) is 139 cm³/mol. The lowest BCUT2D eigenvalue weighted by Crippen LogP contribution is -2.37. The molecule has 2 aromatic heterocycles. The van der Waals surface area contributed by atoms with Crippen LogP contribution in [0.3, 0.4) is 0 Å². The van der Waals surface area contributed by atoms with Gasteiger partial charge in [0.25, 0.3) is 0 Å². The average molecular weight is 514 g/mol. The summed E-state index contributed by atoms with van der Waals surface area (Å²) in [5, 5.41) is 34.7. The lowest BCUT2D eigenvalue weighted by molar-refractivity contribution is -0.0753. The Hall–Kier alpha value is -2.79. The van der Waals surface area contributed by atoms with Crippen LogP contribution in [0.15, 0.2) is 0 Å². The first kappa shape index (κ1) is 25.8. The molecule has 202 valence electrons. The molecule has 1 saturated heterocycles. The van der Waals surface area contributed by atoms with Crippen LogP contribution < -0.4 is 10.6 Å². The molecule has 11 heteroatoms. The van der Waals surface area contributed by atoms with Crippen LogP contribution >= 0.6 is 0 Å². The average Bonchev–Trinajstić information content (AvgIpc) is 3.19. The maximum Gasteiger partial charge on any atom is 0.410 e. The Morgan fingerprint density at radius 3 is 2.49 bits per heavy atom. The number of rotatable bonds is 7. The number of hydrogen-bond donors (Lipinski definition) is 5. The number of carboxylic acid groups (broad SMARTS) is 1. The minimum absolute atomic E-state index is 0.0418. The summed E-state index contributed by atoms with van der Waals surface area (Å²) < 4.78 is 7.65. The van der Waals surface area contributed by atoms with E-state index in [0.717, 1.165) is 31.6 Å². The third-order valence-electron chi connectivity index (χ3n) is 8.59. The van der Waals surface area contributed by atoms with E-state index in [1.807, 2.05) is 0 Å². The number of fused-ring (bicyclic) bond motifs is 1. The third kappa shape index (κ3) is 5.43. The monoisotopic (exact) mass is 513 g/mol. The first-order valence-electron chi connectivity index (χ1n) is 13.7. The topological polar surface area (TPSA) is 158 Å². The molecule has 3 fully saturated rings. The van der Waals surface area contributed by atoms with E-state index in [1.54, 1.807) is 0 Å². The number of anilines is 1. The minimum atomic E-state index is -1.35. The molecular formula is C26H39N7O4. The molecule has 0 unspecified atom stereocenters. The molecule has 0 aromatic carbocycles. The largest absolute Gasteiger partial charge is 0.465 e. The van der Waals surface area contributed by atoms with Crippen LogP contribution in [-0.4, -0.2) is 60.9 Å². The molecule has 1 aliphatic heterocycles. The van der Waals surface area contributed by atoms with Gasteiger partial charge in [-0.05, 0) is 50.4 Å². The Labute approximate surface area is 216 Å². The highest BCUT2D eigenvalue weighted by molar-refractivity contribution is 6.03. The van der Waals surface area contributed by atoms with Crippen molar-refractivity contribution in [1.29, 1.82) is 5.41 Å². The highest BCUT2D eigenvalue weighted by Crippen LogP contribution is 2.38. The van der Waals surface area contributed by atoms with E-state index in [2.05, 4.69) is 39.0 Å². The first-order chi connectivity index (χ1) is 17.7. The van der Waals surface area contributed by atoms with Gasteiger partial charge in [0.05, 0.1) is 0 Å². The molecule has 3 heterocycles. The van der Waals surface area contributed by atoms with Crippen LogP contribution in [0, 0.1) is 23.2 Å². The van der Waals surface area contributed by atoms with Crippen LogP contribution in [-0.2, 0) is 16.9 Å². The zero-order valence-corrected chi connectivity index (χ0v) is 21.8. The van der Waals surface area contributed by atoms with Crippen molar-refractivity contribution in [3.63, 3.8) is 0 Å². The minimum Gasteiger partial charge on any atom is -0.465 e. The van der Waals surface area contributed by atoms with E-state index in [0.29, 0.717) is 67.2 Å². The second-order valence-corrected chi connectivity index (χ2v) is 11.3. The molecule has 3 aliphatic rings. The number of ether oxygens (including phenoxy) is 1. The highest BCUT2D eigenvalue weighted by Gasteiger charge is 2.39. The van der Waals surface area contributed by atoms with E-state index in [9.17, 15) is 9.90 Å². The summed E-state index contributed by atoms with van der Waals surface area (Å²) in [4.78, 5) is 25.2. The van der Waals surface area contributed by atoms with Crippen LogP contribution in [0.25, 0.3) is 11.2 Å². The molecule has 0 spiro atoms. The molecule has 2 aromatic rings. The van der Waals surface area contributed by atoms with Gasteiger partial charge in [-0.2, -0.15) is 0 Å². The van der Waals surface area contributed by atoms with E-state index in [-0.39, 0.29) is 11.9 Å². The van der Waals surface area contributed by atoms with Gasteiger partial charge in [0.2, 0.25) is 0 Å². The number of carbonyl (C=O) groups is 1. The van der Waals surface area contributed by atoms with Crippen molar-refractivity contribution in [3.8, 4) is 0 Å². The molecule has 0 radical (unpaired) electrons. The Bertz CT molecular complexity index is 1150. The van der Waals surface area contributed by atoms with Gasteiger partial charge in [0.1, 0.15) is 16.9 Å². The van der Waals surface area contributed by atoms with E-state index < -0.39 is 17.5 Å². The second kappa shape index (κ2) is 10.5. The lowest BCUT2D eigenvalue weighted by Gasteiger charge is -2.34. The zero-order chi connectivity index (χ0) is 26.2. The quantitative estimate of drug-likeness (QED) is 0.276. The fraction of sp³-hybridized carbons (Fsp3) is 0.731. The van der Waals surface area contributed by atoms with Crippen molar-refractivity contribution >= 4 is 28.9 Å². The Morgan fingerprint density at radius 1 is 1.16 bits per heavy atom. The fourth-order valence-electron chi connectivity index (χ4n) is 5.92. The van der Waals surface area contributed by atoms with E-state index in [1.165, 1.54) is 19.3 Å². The number of imidazole rings is 1. The van der Waals surface area contributed by atoms with Gasteiger partial charge in [-0.1, -0.05) is 26.2 Å². The van der Waals surface area contributed by atoms with Gasteiger partial charge in [-0.15, -0.1) is 0 Å². The van der Waals surface area contributed by atoms with E-state index >= 15 is 0 Å². The Kier molecular flexibility index (Phi) is 7.35. The third-order valence-corrected chi connectivity index (χ3v) is 8.59. The molecule has 2 saturated carbocycles. The number of aliphatic hydroxyl groups is 1. The molecule has 1 amide bonds. The lowest BCUT2D eigenvalue weighted by atomic mass is 9.80. The van der Waals surface area contributed by atoms with Gasteiger partial charge in [0, 0.05) is 38.6 Å². The van der Waals surface area contributed by atoms with Crippen LogP contribution in [0.1, 0.15) is 83.3 Å². The van der Waals surface area contributed by atoms with Crippen molar-refractivity contribution < 1.29 is 19.7 Å². The molecule has 1 atom stereocenters. The fourth-order valence-corrected chi connectivity index (χ4v) is 5.92. The second-order valence-electron chi connectivity index (χ2n) is 11.3. The highest BCUT2D eigenvalue weighted by atomic mass is 16.5. The summed E-state index contributed by atoms with van der Waals surface area (Å²) >= 11 is 0. The number of amides is 1. The van der Waals surface area contributed by atoms with Gasteiger partial charge < -0.3 is 24.8 Å². The molecular weight excluding hydrogens is 474 g/mol. The summed E-state index contributed by atoms with van der Waals surface area (Å²) in [6, 6.07) is 0.148. The standard InChI is InChI=1S/C26H39N7O4/c1-15-6-8-17(9-7-15)14-33-19-21(28-16(2)18-4-3-5-18)30-23(20(27)29-25(34)35)31-22(19)32-24(33)26(36)10-12-37-13-11-26/h15-18,36H,3-14H2,1-2H3,(H2,27,29)(H,34,35)(H,28,30,31)/t15?,16-,17?/m1/s1. The Morgan fingerprint density at radius 2 is 1.86 bits per heavy atom. The zero-order valence-electron chi connectivity index (χ0n) is 21.8. The van der Waals surface area contributed by atoms with Crippen molar-refractivity contribution in [2.45, 2.75) is 89.8 Å². The first-order valence-corrected chi connectivity index (χ1v) is 13.7. The number of nitrogens with one attached hydrogen (secondary N) is 3. The van der Waals surface area contributed by atoms with Crippen LogP contribution in [0.2, 0.25) is 0 Å². The van der Waals surface area contributed by atoms with Crippen LogP contribution in [0.4, 0.5) is 10.6 Å². The molecule has 5 rings (SSSR count). The molecule has 0 bridgehead atoms. The molecule has 5 N–H and O–H groups in total.